The first-order valence-electron chi connectivity index (χ1n) is 7.83. The molecular weight excluding hydrogens is 284 g/mol. The Labute approximate surface area is 136 Å². The zero-order valence-corrected chi connectivity index (χ0v) is 13.4. The van der Waals surface area contributed by atoms with Gasteiger partial charge in [-0.1, -0.05) is 42.5 Å². The molecule has 116 valence electrons. The maximum Gasteiger partial charge on any atom is 0.217 e. The Kier molecular flexibility index (Phi) is 4.38. The van der Waals surface area contributed by atoms with E-state index in [2.05, 4.69) is 46.7 Å². The molecule has 1 heterocycles. The highest BCUT2D eigenvalue weighted by Crippen LogP contribution is 2.23. The molecule has 0 fully saturated rings. The van der Waals surface area contributed by atoms with Crippen LogP contribution in [0.15, 0.2) is 60.8 Å². The number of hydrogen-bond acceptors (Lipinski definition) is 2. The maximum atomic E-state index is 11.1. The number of carbonyl (C=O) groups is 1. The number of benzene rings is 2. The van der Waals surface area contributed by atoms with Crippen LogP contribution < -0.4 is 5.32 Å². The first-order chi connectivity index (χ1) is 11.1. The molecule has 2 aromatic carbocycles. The predicted molar refractivity (Wildman–Crippen MR) is 94.2 cm³/mol. The molecule has 0 spiro atoms. The molecule has 3 heteroatoms. The van der Waals surface area contributed by atoms with Crippen molar-refractivity contribution in [2.75, 3.05) is 0 Å². The van der Waals surface area contributed by atoms with Crippen LogP contribution in [0.5, 0.6) is 0 Å². The summed E-state index contributed by atoms with van der Waals surface area (Å²) in [4.78, 5) is 15.6. The van der Waals surface area contributed by atoms with E-state index in [0.717, 1.165) is 28.5 Å². The molecule has 1 aromatic heterocycles. The zero-order valence-electron chi connectivity index (χ0n) is 13.4. The topological polar surface area (TPSA) is 42.0 Å². The second-order valence-corrected chi connectivity index (χ2v) is 5.92. The highest BCUT2D eigenvalue weighted by Gasteiger charge is 2.06. The Morgan fingerprint density at radius 2 is 1.83 bits per heavy atom. The minimum Gasteiger partial charge on any atom is -0.354 e. The molecule has 23 heavy (non-hydrogen) atoms. The van der Waals surface area contributed by atoms with Gasteiger partial charge in [-0.2, -0.15) is 0 Å². The molecule has 0 radical (unpaired) electrons. The number of hydrogen-bond donors (Lipinski definition) is 1. The quantitative estimate of drug-likeness (QED) is 0.792. The third kappa shape index (κ3) is 3.75. The molecule has 1 atom stereocenters. The fourth-order valence-electron chi connectivity index (χ4n) is 2.81. The molecule has 0 bridgehead atoms. The maximum absolute atomic E-state index is 11.1. The van der Waals surface area contributed by atoms with E-state index >= 15 is 0 Å². The lowest BCUT2D eigenvalue weighted by Gasteiger charge is -2.12. The highest BCUT2D eigenvalue weighted by molar-refractivity contribution is 5.83. The van der Waals surface area contributed by atoms with Gasteiger partial charge in [0.1, 0.15) is 0 Å². The van der Waals surface area contributed by atoms with Crippen LogP contribution in [0.1, 0.15) is 19.4 Å². The van der Waals surface area contributed by atoms with Gasteiger partial charge in [0.15, 0.2) is 0 Å². The number of aromatic nitrogens is 1. The smallest absolute Gasteiger partial charge is 0.217 e. The molecule has 0 aliphatic heterocycles. The Bertz CT molecular complexity index is 824. The fraction of sp³-hybridized carbons (Fsp3) is 0.200. The molecule has 3 rings (SSSR count). The lowest BCUT2D eigenvalue weighted by Crippen LogP contribution is -2.31. The molecule has 1 amide bonds. The number of nitrogens with one attached hydrogen (secondary N) is 1. The van der Waals surface area contributed by atoms with Crippen LogP contribution in [-0.2, 0) is 11.2 Å². The third-order valence-corrected chi connectivity index (χ3v) is 3.87. The van der Waals surface area contributed by atoms with Crippen LogP contribution in [0.2, 0.25) is 0 Å². The standard InChI is InChI=1S/C20H20N2O/c1-14(22-15(2)23)11-16-7-9-17(10-8-16)19-12-18-5-3-4-6-20(18)21-13-19/h3-10,12-14H,11H2,1-2H3,(H,22,23). The van der Waals surface area contributed by atoms with Crippen molar-refractivity contribution in [3.05, 3.63) is 66.4 Å². The van der Waals surface area contributed by atoms with Crippen molar-refractivity contribution in [1.29, 1.82) is 0 Å². The summed E-state index contributed by atoms with van der Waals surface area (Å²) in [7, 11) is 0. The van der Waals surface area contributed by atoms with Crippen LogP contribution in [0, 0.1) is 0 Å². The van der Waals surface area contributed by atoms with Crippen LogP contribution >= 0.6 is 0 Å². The zero-order chi connectivity index (χ0) is 16.2. The number of para-hydroxylation sites is 1. The Hall–Kier alpha value is -2.68. The number of rotatable bonds is 4. The lowest BCUT2D eigenvalue weighted by molar-refractivity contribution is -0.119. The molecule has 1 unspecified atom stereocenters. The second-order valence-electron chi connectivity index (χ2n) is 5.92. The van der Waals surface area contributed by atoms with Gasteiger partial charge in [0.25, 0.3) is 0 Å². The van der Waals surface area contributed by atoms with Gasteiger partial charge in [-0.25, -0.2) is 0 Å². The summed E-state index contributed by atoms with van der Waals surface area (Å²) in [5.74, 6) is 0.0105. The van der Waals surface area contributed by atoms with Gasteiger partial charge in [-0.15, -0.1) is 0 Å². The lowest BCUT2D eigenvalue weighted by atomic mass is 10.0. The molecule has 3 nitrogen and oxygen atoms in total. The van der Waals surface area contributed by atoms with Gasteiger partial charge in [-0.3, -0.25) is 9.78 Å². The molecule has 0 aliphatic rings. The predicted octanol–water partition coefficient (Wildman–Crippen LogP) is 3.97. The van der Waals surface area contributed by atoms with E-state index in [1.165, 1.54) is 5.56 Å². The molecule has 3 aromatic rings. The van der Waals surface area contributed by atoms with Gasteiger partial charge >= 0.3 is 0 Å². The molecule has 0 saturated heterocycles. The normalized spacial score (nSPS) is 12.1. The van der Waals surface area contributed by atoms with E-state index in [0.29, 0.717) is 0 Å². The third-order valence-electron chi connectivity index (χ3n) is 3.87. The SMILES string of the molecule is CC(=O)NC(C)Cc1ccc(-c2cnc3ccccc3c2)cc1. The Morgan fingerprint density at radius 1 is 1.09 bits per heavy atom. The second kappa shape index (κ2) is 6.61. The van der Waals surface area contributed by atoms with E-state index in [4.69, 9.17) is 0 Å². The number of pyridine rings is 1. The summed E-state index contributed by atoms with van der Waals surface area (Å²) in [6.45, 7) is 3.56. The summed E-state index contributed by atoms with van der Waals surface area (Å²) in [6.07, 6.45) is 2.74. The first kappa shape index (κ1) is 15.2. The van der Waals surface area contributed by atoms with E-state index in [-0.39, 0.29) is 11.9 Å². The van der Waals surface area contributed by atoms with E-state index in [1.807, 2.05) is 31.3 Å². The number of amides is 1. The van der Waals surface area contributed by atoms with Gasteiger partial charge in [0.2, 0.25) is 5.91 Å². The van der Waals surface area contributed by atoms with Crippen LogP contribution in [-0.4, -0.2) is 16.9 Å². The van der Waals surface area contributed by atoms with Crippen molar-refractivity contribution in [2.45, 2.75) is 26.3 Å². The highest BCUT2D eigenvalue weighted by atomic mass is 16.1. The van der Waals surface area contributed by atoms with Crippen LogP contribution in [0.25, 0.3) is 22.0 Å². The molecule has 0 saturated carbocycles. The number of fused-ring (bicyclic) bond motifs is 1. The van der Waals surface area contributed by atoms with Gasteiger partial charge in [0.05, 0.1) is 5.52 Å². The monoisotopic (exact) mass is 304 g/mol. The summed E-state index contributed by atoms with van der Waals surface area (Å²) in [6, 6.07) is 18.9. The van der Waals surface area contributed by atoms with Gasteiger partial charge < -0.3 is 5.32 Å². The molecule has 0 aliphatic carbocycles. The largest absolute Gasteiger partial charge is 0.354 e. The van der Waals surface area contributed by atoms with Crippen molar-refractivity contribution in [1.82, 2.24) is 10.3 Å². The number of carbonyl (C=O) groups excluding carboxylic acids is 1. The van der Waals surface area contributed by atoms with Gasteiger partial charge in [-0.05, 0) is 36.6 Å². The van der Waals surface area contributed by atoms with Crippen molar-refractivity contribution < 1.29 is 4.79 Å². The first-order valence-corrected chi connectivity index (χ1v) is 7.83. The molecule has 1 N–H and O–H groups in total. The molecular formula is C20H20N2O. The Balaban J connectivity index is 1.79. The van der Waals surface area contributed by atoms with Crippen molar-refractivity contribution >= 4 is 16.8 Å². The fourth-order valence-corrected chi connectivity index (χ4v) is 2.81. The van der Waals surface area contributed by atoms with Crippen LogP contribution in [0.4, 0.5) is 0 Å². The average molecular weight is 304 g/mol. The van der Waals surface area contributed by atoms with E-state index in [9.17, 15) is 4.79 Å². The summed E-state index contributed by atoms with van der Waals surface area (Å²) in [5.41, 5.74) is 4.49. The van der Waals surface area contributed by atoms with Gasteiger partial charge in [0, 0.05) is 30.1 Å². The van der Waals surface area contributed by atoms with Crippen molar-refractivity contribution in [3.63, 3.8) is 0 Å². The van der Waals surface area contributed by atoms with E-state index in [1.54, 1.807) is 6.92 Å². The average Bonchev–Trinajstić information content (AvgIpc) is 2.54. The minimum absolute atomic E-state index is 0.0105. The Morgan fingerprint density at radius 3 is 2.57 bits per heavy atom. The number of nitrogens with zero attached hydrogens (tertiary/aromatic N) is 1. The summed E-state index contributed by atoms with van der Waals surface area (Å²) < 4.78 is 0. The summed E-state index contributed by atoms with van der Waals surface area (Å²) >= 11 is 0. The van der Waals surface area contributed by atoms with Crippen molar-refractivity contribution in [3.8, 4) is 11.1 Å². The minimum atomic E-state index is 0.0105. The summed E-state index contributed by atoms with van der Waals surface area (Å²) in [5, 5.41) is 4.06. The van der Waals surface area contributed by atoms with E-state index < -0.39 is 0 Å². The van der Waals surface area contributed by atoms with Crippen LogP contribution in [0.3, 0.4) is 0 Å². The van der Waals surface area contributed by atoms with Crippen molar-refractivity contribution in [2.24, 2.45) is 0 Å².